The number of nitrogens with one attached hydrogen (secondary N) is 3. The van der Waals surface area contributed by atoms with Gasteiger partial charge in [0, 0.05) is 6.04 Å². The monoisotopic (exact) mass is 325 g/mol. The summed E-state index contributed by atoms with van der Waals surface area (Å²) < 4.78 is 10.9. The highest BCUT2D eigenvalue weighted by molar-refractivity contribution is 7.80. The molecule has 0 aromatic heterocycles. The van der Waals surface area contributed by atoms with E-state index < -0.39 is 6.10 Å². The number of carbonyl (C=O) groups is 1. The Morgan fingerprint density at radius 1 is 1.14 bits per heavy atom. The molecule has 6 nitrogen and oxygen atoms in total. The molecule has 3 N–H and O–H groups in total. The Hall–Kier alpha value is -2.02. The maximum Gasteiger partial charge on any atom is 0.279 e. The van der Waals surface area contributed by atoms with Gasteiger partial charge >= 0.3 is 0 Å². The van der Waals surface area contributed by atoms with Crippen molar-refractivity contribution in [3.63, 3.8) is 0 Å². The van der Waals surface area contributed by atoms with Crippen molar-refractivity contribution in [2.45, 2.75) is 39.8 Å². The smallest absolute Gasteiger partial charge is 0.279 e. The van der Waals surface area contributed by atoms with Crippen molar-refractivity contribution in [2.24, 2.45) is 0 Å². The lowest BCUT2D eigenvalue weighted by molar-refractivity contribution is -0.127. The minimum atomic E-state index is -0.660. The highest BCUT2D eigenvalue weighted by atomic mass is 32.1. The molecule has 0 bridgehead atoms. The van der Waals surface area contributed by atoms with Gasteiger partial charge in [-0.3, -0.25) is 15.6 Å². The molecule has 0 saturated carbocycles. The molecule has 122 valence electrons. The average Bonchev–Trinajstić information content (AvgIpc) is 2.46. The molecule has 1 amide bonds. The summed E-state index contributed by atoms with van der Waals surface area (Å²) >= 11 is 5.01. The van der Waals surface area contributed by atoms with E-state index in [9.17, 15) is 4.79 Å². The van der Waals surface area contributed by atoms with Crippen LogP contribution < -0.4 is 25.6 Å². The van der Waals surface area contributed by atoms with Crippen molar-refractivity contribution >= 4 is 23.2 Å². The van der Waals surface area contributed by atoms with Gasteiger partial charge in [-0.25, -0.2) is 0 Å². The molecule has 0 fully saturated rings. The van der Waals surface area contributed by atoms with E-state index in [4.69, 9.17) is 21.7 Å². The third-order valence-electron chi connectivity index (χ3n) is 2.54. The highest BCUT2D eigenvalue weighted by Gasteiger charge is 2.14. The van der Waals surface area contributed by atoms with Gasteiger partial charge in [-0.15, -0.1) is 0 Å². The molecule has 1 atom stereocenters. The van der Waals surface area contributed by atoms with E-state index in [2.05, 4.69) is 16.2 Å². The maximum atomic E-state index is 11.9. The Bertz CT molecular complexity index is 491. The largest absolute Gasteiger partial charge is 0.494 e. The van der Waals surface area contributed by atoms with Crippen LogP contribution in [0.5, 0.6) is 11.5 Å². The molecule has 0 unspecified atom stereocenters. The Balaban J connectivity index is 2.41. The quantitative estimate of drug-likeness (QED) is 0.547. The molecule has 0 spiro atoms. The molecule has 0 radical (unpaired) electrons. The van der Waals surface area contributed by atoms with Crippen molar-refractivity contribution in [3.05, 3.63) is 24.3 Å². The van der Waals surface area contributed by atoms with Crippen LogP contribution in [-0.2, 0) is 4.79 Å². The number of hydrazine groups is 1. The van der Waals surface area contributed by atoms with Gasteiger partial charge in [0.1, 0.15) is 11.5 Å². The van der Waals surface area contributed by atoms with Gasteiger partial charge in [-0.2, -0.15) is 0 Å². The van der Waals surface area contributed by atoms with Gasteiger partial charge < -0.3 is 14.8 Å². The minimum Gasteiger partial charge on any atom is -0.494 e. The van der Waals surface area contributed by atoms with Crippen molar-refractivity contribution in [3.8, 4) is 11.5 Å². The summed E-state index contributed by atoms with van der Waals surface area (Å²) in [7, 11) is 0. The molecule has 7 heteroatoms. The number of hydrogen-bond acceptors (Lipinski definition) is 4. The van der Waals surface area contributed by atoms with Crippen LogP contribution >= 0.6 is 12.2 Å². The van der Waals surface area contributed by atoms with Crippen LogP contribution in [0.1, 0.15) is 27.7 Å². The van der Waals surface area contributed by atoms with Gasteiger partial charge in [0.2, 0.25) is 0 Å². The van der Waals surface area contributed by atoms with Crippen LogP contribution in [0, 0.1) is 0 Å². The predicted molar refractivity (Wildman–Crippen MR) is 89.8 cm³/mol. The van der Waals surface area contributed by atoms with Gasteiger partial charge in [0.25, 0.3) is 5.91 Å². The molecule has 0 saturated heterocycles. The van der Waals surface area contributed by atoms with Crippen LogP contribution in [0.4, 0.5) is 0 Å². The number of carbonyl (C=O) groups excluding carboxylic acids is 1. The van der Waals surface area contributed by atoms with E-state index in [1.165, 1.54) is 0 Å². The van der Waals surface area contributed by atoms with E-state index in [1.54, 1.807) is 31.2 Å². The zero-order valence-electron chi connectivity index (χ0n) is 13.3. The van der Waals surface area contributed by atoms with Crippen molar-refractivity contribution in [1.82, 2.24) is 16.2 Å². The zero-order chi connectivity index (χ0) is 16.5. The summed E-state index contributed by atoms with van der Waals surface area (Å²) in [5, 5.41) is 3.31. The summed E-state index contributed by atoms with van der Waals surface area (Å²) in [5.74, 6) is 1.04. The molecule has 0 aliphatic heterocycles. The highest BCUT2D eigenvalue weighted by Crippen LogP contribution is 2.18. The summed E-state index contributed by atoms with van der Waals surface area (Å²) in [5.41, 5.74) is 5.12. The number of hydrogen-bond donors (Lipinski definition) is 3. The molecule has 1 rings (SSSR count). The Morgan fingerprint density at radius 3 is 2.27 bits per heavy atom. The van der Waals surface area contributed by atoms with Crippen LogP contribution in [0.15, 0.2) is 24.3 Å². The number of thiocarbonyl (C=S) groups is 1. The van der Waals surface area contributed by atoms with E-state index in [0.29, 0.717) is 17.5 Å². The lowest BCUT2D eigenvalue weighted by Gasteiger charge is -2.17. The van der Waals surface area contributed by atoms with Crippen molar-refractivity contribution < 1.29 is 14.3 Å². The van der Waals surface area contributed by atoms with Crippen molar-refractivity contribution in [1.29, 1.82) is 0 Å². The average molecular weight is 325 g/mol. The molecule has 0 heterocycles. The molecule has 1 aromatic rings. The number of ether oxygens (including phenoxy) is 2. The number of benzene rings is 1. The predicted octanol–water partition coefficient (Wildman–Crippen LogP) is 1.76. The Morgan fingerprint density at radius 2 is 1.73 bits per heavy atom. The maximum absolute atomic E-state index is 11.9. The standard InChI is InChI=1S/C15H23N3O3S/c1-5-20-12-6-8-13(9-7-12)21-11(4)14(19)17-18-15(22)16-10(2)3/h6-11H,5H2,1-4H3,(H,17,19)(H2,16,18,22)/t11-/m1/s1. The first-order chi connectivity index (χ1) is 10.4. The minimum absolute atomic E-state index is 0.189. The first-order valence-corrected chi connectivity index (χ1v) is 7.59. The van der Waals surface area contributed by atoms with Crippen LogP contribution in [0.2, 0.25) is 0 Å². The van der Waals surface area contributed by atoms with Crippen molar-refractivity contribution in [2.75, 3.05) is 6.61 Å². The first kappa shape index (κ1) is 18.0. The molecule has 0 aliphatic carbocycles. The fourth-order valence-corrected chi connectivity index (χ4v) is 1.84. The van der Waals surface area contributed by atoms with Crippen LogP contribution in [-0.4, -0.2) is 29.8 Å². The van der Waals surface area contributed by atoms with Crippen LogP contribution in [0.25, 0.3) is 0 Å². The summed E-state index contributed by atoms with van der Waals surface area (Å²) in [6.07, 6.45) is -0.660. The van der Waals surface area contributed by atoms with E-state index in [1.807, 2.05) is 20.8 Å². The third-order valence-corrected chi connectivity index (χ3v) is 2.76. The van der Waals surface area contributed by atoms with Crippen LogP contribution in [0.3, 0.4) is 0 Å². The van der Waals surface area contributed by atoms with Gasteiger partial charge in [0.05, 0.1) is 6.61 Å². The fourth-order valence-electron chi connectivity index (χ4n) is 1.56. The van der Waals surface area contributed by atoms with Gasteiger partial charge in [-0.05, 0) is 64.2 Å². The molecular formula is C15H23N3O3S. The molecule has 1 aromatic carbocycles. The Kier molecular flexibility index (Phi) is 7.45. The SMILES string of the molecule is CCOc1ccc(O[C@H](C)C(=O)NNC(=S)NC(C)C)cc1. The third kappa shape index (κ3) is 6.62. The molecular weight excluding hydrogens is 302 g/mol. The first-order valence-electron chi connectivity index (χ1n) is 7.18. The lowest BCUT2D eigenvalue weighted by Crippen LogP contribution is -2.51. The van der Waals surface area contributed by atoms with Gasteiger partial charge in [0.15, 0.2) is 11.2 Å². The second-order valence-electron chi connectivity index (χ2n) is 4.91. The second-order valence-corrected chi connectivity index (χ2v) is 5.32. The number of amides is 1. The number of rotatable bonds is 6. The summed E-state index contributed by atoms with van der Waals surface area (Å²) in [6.45, 7) is 8.09. The van der Waals surface area contributed by atoms with E-state index in [0.717, 1.165) is 5.75 Å². The molecule has 0 aliphatic rings. The van der Waals surface area contributed by atoms with Gasteiger partial charge in [-0.1, -0.05) is 0 Å². The van der Waals surface area contributed by atoms with E-state index >= 15 is 0 Å². The second kappa shape index (κ2) is 9.09. The summed E-state index contributed by atoms with van der Waals surface area (Å²) in [4.78, 5) is 11.9. The Labute approximate surface area is 136 Å². The topological polar surface area (TPSA) is 71.6 Å². The fraction of sp³-hybridized carbons (Fsp3) is 0.467. The lowest BCUT2D eigenvalue weighted by atomic mass is 10.3. The molecule has 22 heavy (non-hydrogen) atoms. The van der Waals surface area contributed by atoms with E-state index in [-0.39, 0.29) is 11.9 Å². The normalized spacial score (nSPS) is 11.5. The zero-order valence-corrected chi connectivity index (χ0v) is 14.1. The summed E-state index contributed by atoms with van der Waals surface area (Å²) in [6, 6.07) is 7.29.